The van der Waals surface area contributed by atoms with Gasteiger partial charge in [0.2, 0.25) is 5.95 Å². The van der Waals surface area contributed by atoms with Gasteiger partial charge < -0.3 is 10.3 Å². The number of aromatic amines is 1. The van der Waals surface area contributed by atoms with Crippen LogP contribution in [0.2, 0.25) is 0 Å². The number of H-pyrrole nitrogens is 1. The summed E-state index contributed by atoms with van der Waals surface area (Å²) in [5.41, 5.74) is 6.87. The highest BCUT2D eigenvalue weighted by Crippen LogP contribution is 2.16. The highest BCUT2D eigenvalue weighted by atomic mass is 16.1. The molecule has 5 aromatic heterocycles. The predicted octanol–water partition coefficient (Wildman–Crippen LogP) is 0.516. The summed E-state index contributed by atoms with van der Waals surface area (Å²) >= 11 is 0. The Morgan fingerprint density at radius 1 is 1.00 bits per heavy atom. The third kappa shape index (κ3) is 2.70. The molecule has 0 unspecified atom stereocenters. The maximum atomic E-state index is 12.0. The van der Waals surface area contributed by atoms with Gasteiger partial charge in [0, 0.05) is 24.8 Å². The van der Waals surface area contributed by atoms with E-state index < -0.39 is 0 Å². The van der Waals surface area contributed by atoms with Crippen molar-refractivity contribution in [3.63, 3.8) is 0 Å². The number of nitrogens with two attached hydrogens (primary N) is 1. The number of hydrogen-bond donors (Lipinski definition) is 2. The quantitative estimate of drug-likeness (QED) is 0.467. The van der Waals surface area contributed by atoms with Crippen LogP contribution < -0.4 is 11.3 Å². The van der Waals surface area contributed by atoms with Gasteiger partial charge >= 0.3 is 0 Å². The van der Waals surface area contributed by atoms with Gasteiger partial charge in [-0.3, -0.25) is 9.78 Å². The first-order chi connectivity index (χ1) is 13.7. The van der Waals surface area contributed by atoms with Crippen LogP contribution in [0, 0.1) is 0 Å². The minimum atomic E-state index is -0.370. The van der Waals surface area contributed by atoms with Crippen molar-refractivity contribution in [1.29, 1.82) is 0 Å². The Hall–Kier alpha value is -4.28. The first-order valence-corrected chi connectivity index (χ1v) is 8.39. The predicted molar refractivity (Wildman–Crippen MR) is 100 cm³/mol. The van der Waals surface area contributed by atoms with Crippen molar-refractivity contribution in [2.45, 2.75) is 6.54 Å². The summed E-state index contributed by atoms with van der Waals surface area (Å²) in [5.74, 6) is 1.33. The normalized spacial score (nSPS) is 11.3. The van der Waals surface area contributed by atoms with Gasteiger partial charge in [-0.1, -0.05) is 0 Å². The van der Waals surface area contributed by atoms with E-state index in [4.69, 9.17) is 5.73 Å². The lowest BCUT2D eigenvalue weighted by atomic mass is 10.2. The lowest BCUT2D eigenvalue weighted by Gasteiger charge is -2.10. The molecular formula is C17H14N10O. The van der Waals surface area contributed by atoms with E-state index in [1.165, 1.54) is 0 Å². The lowest BCUT2D eigenvalue weighted by Crippen LogP contribution is -2.12. The van der Waals surface area contributed by atoms with Gasteiger partial charge in [0.25, 0.3) is 5.56 Å². The van der Waals surface area contributed by atoms with E-state index in [9.17, 15) is 4.79 Å². The maximum absolute atomic E-state index is 12.0. The minimum Gasteiger partial charge on any atom is -0.369 e. The second kappa shape index (κ2) is 6.16. The number of imidazole rings is 1. The monoisotopic (exact) mass is 374 g/mol. The van der Waals surface area contributed by atoms with Gasteiger partial charge in [-0.25, -0.2) is 19.3 Å². The number of nitrogens with zero attached hydrogens (tertiary/aromatic N) is 8. The third-order valence-electron chi connectivity index (χ3n) is 4.18. The zero-order chi connectivity index (χ0) is 19.1. The minimum absolute atomic E-state index is 0.0449. The number of nitrogen functional groups attached to an aromatic ring is 1. The maximum Gasteiger partial charge on any atom is 0.280 e. The standard InChI is InChI=1S/C17H14N10O/c18-17-23-15-14(16(28)24-17)19-10-25(15)9-11-7-12(26-5-1-3-20-26)22-13(8-11)27-6-2-4-21-27/h1-8,10H,9H2,(H3,18,23,24,28). The molecule has 0 aliphatic heterocycles. The SMILES string of the molecule is Nc1nc2c(ncn2Cc2cc(-n3cccn3)nc(-n3cccn3)c2)c(=O)[nH]1. The first-order valence-electron chi connectivity index (χ1n) is 8.39. The molecule has 11 nitrogen and oxygen atoms in total. The first kappa shape index (κ1) is 15.9. The second-order valence-corrected chi connectivity index (χ2v) is 6.09. The fourth-order valence-corrected chi connectivity index (χ4v) is 2.97. The van der Waals surface area contributed by atoms with Crippen molar-refractivity contribution in [3.8, 4) is 11.6 Å². The van der Waals surface area contributed by atoms with Crippen molar-refractivity contribution in [1.82, 2.24) is 44.1 Å². The van der Waals surface area contributed by atoms with Crippen molar-refractivity contribution in [2.75, 3.05) is 5.73 Å². The van der Waals surface area contributed by atoms with E-state index in [-0.39, 0.29) is 17.0 Å². The molecule has 5 rings (SSSR count). The van der Waals surface area contributed by atoms with Crippen molar-refractivity contribution >= 4 is 17.1 Å². The summed E-state index contributed by atoms with van der Waals surface area (Å²) in [7, 11) is 0. The van der Waals surface area contributed by atoms with Gasteiger partial charge in [-0.15, -0.1) is 0 Å². The van der Waals surface area contributed by atoms with Gasteiger partial charge in [-0.05, 0) is 29.8 Å². The highest BCUT2D eigenvalue weighted by Gasteiger charge is 2.12. The molecule has 138 valence electrons. The van der Waals surface area contributed by atoms with Crippen molar-refractivity contribution in [3.05, 3.63) is 71.3 Å². The molecule has 11 heteroatoms. The molecule has 5 heterocycles. The molecule has 0 amide bonds. The van der Waals surface area contributed by atoms with Crippen LogP contribution in [0.25, 0.3) is 22.8 Å². The van der Waals surface area contributed by atoms with Crippen LogP contribution in [-0.4, -0.2) is 44.1 Å². The zero-order valence-electron chi connectivity index (χ0n) is 14.5. The molecular weight excluding hydrogens is 360 g/mol. The smallest absolute Gasteiger partial charge is 0.280 e. The molecule has 0 radical (unpaired) electrons. The number of aromatic nitrogens is 9. The molecule has 0 bridgehead atoms. The van der Waals surface area contributed by atoms with Crippen LogP contribution in [0.3, 0.4) is 0 Å². The Bertz CT molecular complexity index is 1260. The third-order valence-corrected chi connectivity index (χ3v) is 4.18. The molecule has 3 N–H and O–H groups in total. The molecule has 0 aromatic carbocycles. The largest absolute Gasteiger partial charge is 0.369 e. The number of anilines is 1. The van der Waals surface area contributed by atoms with E-state index in [1.54, 1.807) is 32.7 Å². The number of nitrogens with one attached hydrogen (secondary N) is 1. The summed E-state index contributed by atoms with van der Waals surface area (Å²) < 4.78 is 5.10. The number of fused-ring (bicyclic) bond motifs is 1. The average molecular weight is 374 g/mol. The molecule has 5 aromatic rings. The second-order valence-electron chi connectivity index (χ2n) is 6.09. The highest BCUT2D eigenvalue weighted by molar-refractivity contribution is 5.70. The summed E-state index contributed by atoms with van der Waals surface area (Å²) in [6, 6.07) is 7.46. The van der Waals surface area contributed by atoms with Crippen LogP contribution in [0.15, 0.2) is 60.2 Å². The Labute approximate surface area is 157 Å². The van der Waals surface area contributed by atoms with Crippen LogP contribution in [0.4, 0.5) is 5.95 Å². The molecule has 0 fully saturated rings. The summed E-state index contributed by atoms with van der Waals surface area (Å²) in [5, 5.41) is 8.50. The molecule has 0 aliphatic rings. The topological polar surface area (TPSA) is 138 Å². The van der Waals surface area contributed by atoms with E-state index in [0.717, 1.165) is 5.56 Å². The summed E-state index contributed by atoms with van der Waals surface area (Å²) in [6.07, 6.45) is 8.56. The van der Waals surface area contributed by atoms with E-state index in [1.807, 2.05) is 36.7 Å². The van der Waals surface area contributed by atoms with Crippen molar-refractivity contribution in [2.24, 2.45) is 0 Å². The summed E-state index contributed by atoms with van der Waals surface area (Å²) in [4.78, 5) is 27.4. The Balaban J connectivity index is 1.63. The molecule has 0 saturated heterocycles. The zero-order valence-corrected chi connectivity index (χ0v) is 14.5. The summed E-state index contributed by atoms with van der Waals surface area (Å²) in [6.45, 7) is 0.414. The van der Waals surface area contributed by atoms with Gasteiger partial charge in [0.15, 0.2) is 22.8 Å². The van der Waals surface area contributed by atoms with Gasteiger partial charge in [0.05, 0.1) is 12.9 Å². The van der Waals surface area contributed by atoms with E-state index >= 15 is 0 Å². The fourth-order valence-electron chi connectivity index (χ4n) is 2.97. The lowest BCUT2D eigenvalue weighted by molar-refractivity contribution is 0.775. The van der Waals surface area contributed by atoms with E-state index in [0.29, 0.717) is 23.8 Å². The molecule has 0 spiro atoms. The van der Waals surface area contributed by atoms with Crippen LogP contribution >= 0.6 is 0 Å². The van der Waals surface area contributed by atoms with Gasteiger partial charge in [0.1, 0.15) is 0 Å². The van der Waals surface area contributed by atoms with Crippen LogP contribution in [-0.2, 0) is 6.54 Å². The van der Waals surface area contributed by atoms with Crippen LogP contribution in [0.1, 0.15) is 5.56 Å². The van der Waals surface area contributed by atoms with Crippen LogP contribution in [0.5, 0.6) is 0 Å². The van der Waals surface area contributed by atoms with Gasteiger partial charge in [-0.2, -0.15) is 15.2 Å². The molecule has 0 saturated carbocycles. The Kier molecular flexibility index (Phi) is 3.50. The number of pyridine rings is 1. The van der Waals surface area contributed by atoms with Crippen molar-refractivity contribution < 1.29 is 0 Å². The average Bonchev–Trinajstić information content (AvgIpc) is 3.44. The fraction of sp³-hybridized carbons (Fsp3) is 0.0588. The Morgan fingerprint density at radius 3 is 2.29 bits per heavy atom. The number of hydrogen-bond acceptors (Lipinski definition) is 7. The van der Waals surface area contributed by atoms with E-state index in [2.05, 4.69) is 30.1 Å². The number of rotatable bonds is 4. The Morgan fingerprint density at radius 2 is 1.68 bits per heavy atom. The molecule has 0 atom stereocenters. The molecule has 28 heavy (non-hydrogen) atoms. The molecule has 0 aliphatic carbocycles.